The molecule has 2 heterocycles. The standard InChI is InChI=1S/C56H35NO2/c1-2-14-40(15-3-1)57(41-29-24-37(25-30-41)45-21-11-22-49-47-18-8-9-23-53(47)58-55(45)49)42-31-26-38(27-32-42)50-35-52-51-34-39(44-20-10-13-36-12-4-5-16-43(36)44)28-33-54(51)59-56(52)48-19-7-6-17-46(48)50/h1-35H. The van der Waals surface area contributed by atoms with Crippen LogP contribution < -0.4 is 4.90 Å². The van der Waals surface area contributed by atoms with Gasteiger partial charge in [-0.25, -0.2) is 0 Å². The van der Waals surface area contributed by atoms with Gasteiger partial charge in [0.2, 0.25) is 0 Å². The Morgan fingerprint density at radius 2 is 0.797 bits per heavy atom. The lowest BCUT2D eigenvalue weighted by atomic mass is 9.94. The van der Waals surface area contributed by atoms with Crippen molar-refractivity contribution in [1.82, 2.24) is 0 Å². The Kier molecular flexibility index (Phi) is 7.54. The Morgan fingerprint density at radius 1 is 0.271 bits per heavy atom. The molecule has 0 atom stereocenters. The number of benzene rings is 10. The Bertz CT molecular complexity index is 3540. The number of nitrogens with zero attached hydrogens (tertiary/aromatic N) is 1. The van der Waals surface area contributed by atoms with Crippen LogP contribution >= 0.6 is 0 Å². The summed E-state index contributed by atoms with van der Waals surface area (Å²) in [6, 6.07) is 75.6. The second kappa shape index (κ2) is 13.4. The fourth-order valence-corrected chi connectivity index (χ4v) is 9.06. The smallest absolute Gasteiger partial charge is 0.143 e. The molecule has 0 bridgehead atoms. The molecule has 2 aromatic heterocycles. The zero-order valence-electron chi connectivity index (χ0n) is 32.0. The van der Waals surface area contributed by atoms with Crippen LogP contribution in [-0.4, -0.2) is 0 Å². The lowest BCUT2D eigenvalue weighted by Crippen LogP contribution is -2.09. The summed E-state index contributed by atoms with van der Waals surface area (Å²) in [6.07, 6.45) is 0. The zero-order valence-corrected chi connectivity index (χ0v) is 32.0. The van der Waals surface area contributed by atoms with Gasteiger partial charge in [-0.2, -0.15) is 0 Å². The molecule has 3 nitrogen and oxygen atoms in total. The minimum absolute atomic E-state index is 0.889. The molecule has 3 heteroatoms. The minimum Gasteiger partial charge on any atom is -0.455 e. The molecule has 0 amide bonds. The van der Waals surface area contributed by atoms with Crippen LogP contribution in [0.15, 0.2) is 221 Å². The number of hydrogen-bond acceptors (Lipinski definition) is 3. The molecule has 0 unspecified atom stereocenters. The number of para-hydroxylation sites is 3. The Labute approximate surface area is 340 Å². The van der Waals surface area contributed by atoms with Crippen LogP contribution in [0.25, 0.3) is 98.8 Å². The highest BCUT2D eigenvalue weighted by Crippen LogP contribution is 2.43. The topological polar surface area (TPSA) is 29.5 Å². The third-order valence-electron chi connectivity index (χ3n) is 11.9. The Morgan fingerprint density at radius 3 is 1.59 bits per heavy atom. The molecule has 10 aromatic carbocycles. The van der Waals surface area contributed by atoms with Crippen molar-refractivity contribution >= 4 is 82.5 Å². The van der Waals surface area contributed by atoms with Gasteiger partial charge in [-0.05, 0) is 105 Å². The van der Waals surface area contributed by atoms with Gasteiger partial charge in [0, 0.05) is 49.6 Å². The second-order valence-corrected chi connectivity index (χ2v) is 15.2. The van der Waals surface area contributed by atoms with Crippen LogP contribution in [0.4, 0.5) is 17.1 Å². The van der Waals surface area contributed by atoms with Crippen molar-refractivity contribution < 1.29 is 8.83 Å². The average molecular weight is 754 g/mol. The van der Waals surface area contributed by atoms with E-state index in [1.807, 2.05) is 12.1 Å². The molecule has 0 fully saturated rings. The molecule has 0 radical (unpaired) electrons. The van der Waals surface area contributed by atoms with Crippen molar-refractivity contribution in [3.05, 3.63) is 212 Å². The molecule has 0 saturated carbocycles. The van der Waals surface area contributed by atoms with Crippen LogP contribution in [0.3, 0.4) is 0 Å². The molecule has 0 N–H and O–H groups in total. The van der Waals surface area contributed by atoms with Crippen LogP contribution in [0.1, 0.15) is 0 Å². The summed E-state index contributed by atoms with van der Waals surface area (Å²) < 4.78 is 13.0. The SMILES string of the molecule is c1ccc(N(c2ccc(-c3cc4c5cc(-c6cccc7ccccc67)ccc5oc4c4ccccc34)cc2)c2ccc(-c3cccc4c3oc3ccccc34)cc2)cc1. The highest BCUT2D eigenvalue weighted by molar-refractivity contribution is 6.20. The van der Waals surface area contributed by atoms with Crippen molar-refractivity contribution in [2.24, 2.45) is 0 Å². The monoisotopic (exact) mass is 753 g/mol. The van der Waals surface area contributed by atoms with Gasteiger partial charge in [0.25, 0.3) is 0 Å². The number of anilines is 3. The lowest BCUT2D eigenvalue weighted by molar-refractivity contribution is 0.670. The van der Waals surface area contributed by atoms with E-state index in [0.29, 0.717) is 0 Å². The van der Waals surface area contributed by atoms with Crippen molar-refractivity contribution in [3.63, 3.8) is 0 Å². The summed E-state index contributed by atoms with van der Waals surface area (Å²) in [5, 5.41) is 9.25. The third-order valence-corrected chi connectivity index (χ3v) is 11.9. The van der Waals surface area contributed by atoms with Gasteiger partial charge in [-0.1, -0.05) is 152 Å². The van der Waals surface area contributed by atoms with Crippen molar-refractivity contribution in [3.8, 4) is 33.4 Å². The molecular formula is C56H35NO2. The predicted octanol–water partition coefficient (Wildman–Crippen LogP) is 16.3. The fraction of sp³-hybridized carbons (Fsp3) is 0. The van der Waals surface area contributed by atoms with E-state index in [0.717, 1.165) is 88.4 Å². The van der Waals surface area contributed by atoms with Gasteiger partial charge in [0.1, 0.15) is 22.3 Å². The maximum Gasteiger partial charge on any atom is 0.143 e. The molecule has 0 aliphatic carbocycles. The van der Waals surface area contributed by atoms with Gasteiger partial charge < -0.3 is 13.7 Å². The summed E-state index contributed by atoms with van der Waals surface area (Å²) in [6.45, 7) is 0. The number of hydrogen-bond donors (Lipinski definition) is 0. The van der Waals surface area contributed by atoms with Gasteiger partial charge in [0.15, 0.2) is 0 Å². The first-order valence-electron chi connectivity index (χ1n) is 20.1. The van der Waals surface area contributed by atoms with Crippen LogP contribution in [-0.2, 0) is 0 Å². The molecule has 0 saturated heterocycles. The molecular weight excluding hydrogens is 719 g/mol. The summed E-state index contributed by atoms with van der Waals surface area (Å²) in [5.74, 6) is 0. The zero-order chi connectivity index (χ0) is 38.9. The maximum absolute atomic E-state index is 6.64. The molecule has 12 rings (SSSR count). The van der Waals surface area contributed by atoms with E-state index in [4.69, 9.17) is 8.83 Å². The molecule has 59 heavy (non-hydrogen) atoms. The van der Waals surface area contributed by atoms with Crippen molar-refractivity contribution in [2.45, 2.75) is 0 Å². The Hall–Kier alpha value is -7.88. The molecule has 0 aliphatic rings. The maximum atomic E-state index is 6.64. The number of fused-ring (bicyclic) bond motifs is 9. The van der Waals surface area contributed by atoms with Gasteiger partial charge in [-0.15, -0.1) is 0 Å². The first-order valence-corrected chi connectivity index (χ1v) is 20.1. The molecule has 0 aliphatic heterocycles. The Balaban J connectivity index is 0.950. The second-order valence-electron chi connectivity index (χ2n) is 15.2. The van der Waals surface area contributed by atoms with Crippen LogP contribution in [0.5, 0.6) is 0 Å². The number of furan rings is 2. The molecule has 0 spiro atoms. The van der Waals surface area contributed by atoms with Gasteiger partial charge in [0.05, 0.1) is 0 Å². The van der Waals surface area contributed by atoms with E-state index in [1.165, 1.54) is 27.5 Å². The van der Waals surface area contributed by atoms with Gasteiger partial charge in [-0.3, -0.25) is 0 Å². The quantitative estimate of drug-likeness (QED) is 0.169. The van der Waals surface area contributed by atoms with E-state index in [1.54, 1.807) is 0 Å². The van der Waals surface area contributed by atoms with Gasteiger partial charge >= 0.3 is 0 Å². The van der Waals surface area contributed by atoms with Crippen molar-refractivity contribution in [1.29, 1.82) is 0 Å². The summed E-state index contributed by atoms with van der Waals surface area (Å²) in [4.78, 5) is 2.31. The third kappa shape index (κ3) is 5.44. The summed E-state index contributed by atoms with van der Waals surface area (Å²) >= 11 is 0. The summed E-state index contributed by atoms with van der Waals surface area (Å²) in [5.41, 5.74) is 13.8. The highest BCUT2D eigenvalue weighted by Gasteiger charge is 2.19. The normalized spacial score (nSPS) is 11.7. The number of rotatable bonds is 6. The lowest BCUT2D eigenvalue weighted by Gasteiger charge is -2.26. The van der Waals surface area contributed by atoms with E-state index >= 15 is 0 Å². The average Bonchev–Trinajstić information content (AvgIpc) is 3.88. The summed E-state index contributed by atoms with van der Waals surface area (Å²) in [7, 11) is 0. The first kappa shape index (κ1) is 33.3. The van der Waals surface area contributed by atoms with E-state index in [-0.39, 0.29) is 0 Å². The molecule has 276 valence electrons. The van der Waals surface area contributed by atoms with E-state index in [9.17, 15) is 0 Å². The van der Waals surface area contributed by atoms with Crippen LogP contribution in [0, 0.1) is 0 Å². The first-order chi connectivity index (χ1) is 29.2. The minimum atomic E-state index is 0.889. The van der Waals surface area contributed by atoms with E-state index < -0.39 is 0 Å². The fourth-order valence-electron chi connectivity index (χ4n) is 9.06. The van der Waals surface area contributed by atoms with Crippen LogP contribution in [0.2, 0.25) is 0 Å². The predicted molar refractivity (Wildman–Crippen MR) is 247 cm³/mol. The van der Waals surface area contributed by atoms with E-state index in [2.05, 4.69) is 205 Å². The van der Waals surface area contributed by atoms with Crippen molar-refractivity contribution in [2.75, 3.05) is 4.90 Å². The largest absolute Gasteiger partial charge is 0.455 e. The highest BCUT2D eigenvalue weighted by atomic mass is 16.3. The molecule has 12 aromatic rings.